The maximum Gasteiger partial charge on any atom is 0.118 e. The van der Waals surface area contributed by atoms with E-state index in [4.69, 9.17) is 4.74 Å². The van der Waals surface area contributed by atoms with Crippen molar-refractivity contribution in [3.05, 3.63) is 95.8 Å². The van der Waals surface area contributed by atoms with Gasteiger partial charge in [-0.1, -0.05) is 48.5 Å². The van der Waals surface area contributed by atoms with Crippen LogP contribution in [0.2, 0.25) is 0 Å². The largest absolute Gasteiger partial charge is 0.497 e. The minimum atomic E-state index is 0.856. The maximum atomic E-state index is 5.24. The van der Waals surface area contributed by atoms with E-state index in [-0.39, 0.29) is 0 Å². The molecule has 0 fully saturated rings. The van der Waals surface area contributed by atoms with E-state index in [1.807, 2.05) is 54.7 Å². The number of ether oxygens (including phenoxy) is 1. The molecule has 3 rings (SSSR count). The van der Waals surface area contributed by atoms with E-state index in [0.29, 0.717) is 0 Å². The van der Waals surface area contributed by atoms with Crippen LogP contribution in [0.4, 0.5) is 0 Å². The lowest BCUT2D eigenvalue weighted by Gasteiger charge is -2.09. The lowest BCUT2D eigenvalue weighted by Crippen LogP contribution is -1.90. The molecule has 2 heteroatoms. The van der Waals surface area contributed by atoms with E-state index in [2.05, 4.69) is 35.3 Å². The summed E-state index contributed by atoms with van der Waals surface area (Å²) in [5.41, 5.74) is 4.38. The van der Waals surface area contributed by atoms with Gasteiger partial charge in [0.25, 0.3) is 0 Å². The van der Waals surface area contributed by atoms with Crippen LogP contribution in [0.5, 0.6) is 5.75 Å². The average molecular weight is 287 g/mol. The minimum absolute atomic E-state index is 0.856. The number of benzene rings is 2. The molecule has 0 aliphatic carbocycles. The predicted molar refractivity (Wildman–Crippen MR) is 90.6 cm³/mol. The molecule has 0 saturated heterocycles. The summed E-state index contributed by atoms with van der Waals surface area (Å²) in [5.74, 6) is 0.856. The molecule has 0 atom stereocenters. The number of hydrogen-bond acceptors (Lipinski definition) is 2. The van der Waals surface area contributed by atoms with Gasteiger partial charge in [-0.25, -0.2) is 0 Å². The molecule has 0 unspecified atom stereocenters. The van der Waals surface area contributed by atoms with E-state index >= 15 is 0 Å². The zero-order chi connectivity index (χ0) is 15.2. The number of nitrogens with zero attached hydrogens (tertiary/aromatic N) is 1. The third kappa shape index (κ3) is 3.23. The Morgan fingerprint density at radius 2 is 1.50 bits per heavy atom. The van der Waals surface area contributed by atoms with E-state index in [9.17, 15) is 0 Å². The fourth-order valence-corrected chi connectivity index (χ4v) is 2.33. The highest BCUT2D eigenvalue weighted by Gasteiger charge is 2.06. The molecule has 22 heavy (non-hydrogen) atoms. The molecular weight excluding hydrogens is 270 g/mol. The van der Waals surface area contributed by atoms with Crippen LogP contribution in [0.25, 0.3) is 11.6 Å². The summed E-state index contributed by atoms with van der Waals surface area (Å²) in [4.78, 5) is 4.40. The van der Waals surface area contributed by atoms with Gasteiger partial charge in [-0.2, -0.15) is 0 Å². The van der Waals surface area contributed by atoms with Crippen molar-refractivity contribution < 1.29 is 4.74 Å². The third-order valence-electron chi connectivity index (χ3n) is 3.47. The number of hydrogen-bond donors (Lipinski definition) is 0. The number of rotatable bonds is 4. The molecule has 0 bridgehead atoms. The Labute approximate surface area is 130 Å². The monoisotopic (exact) mass is 287 g/mol. The van der Waals surface area contributed by atoms with Crippen LogP contribution in [-0.2, 0) is 0 Å². The van der Waals surface area contributed by atoms with Crippen molar-refractivity contribution in [2.45, 2.75) is 0 Å². The molecule has 2 nitrogen and oxygen atoms in total. The van der Waals surface area contributed by atoms with Crippen LogP contribution >= 0.6 is 0 Å². The van der Waals surface area contributed by atoms with Gasteiger partial charge in [-0.15, -0.1) is 0 Å². The second kappa shape index (κ2) is 6.72. The Morgan fingerprint density at radius 3 is 2.14 bits per heavy atom. The highest BCUT2D eigenvalue weighted by atomic mass is 16.5. The highest BCUT2D eigenvalue weighted by molar-refractivity contribution is 5.90. The summed E-state index contributed by atoms with van der Waals surface area (Å²) < 4.78 is 5.24. The van der Waals surface area contributed by atoms with Crippen molar-refractivity contribution in [3.8, 4) is 5.75 Å². The van der Waals surface area contributed by atoms with Crippen molar-refractivity contribution in [2.24, 2.45) is 0 Å². The van der Waals surface area contributed by atoms with Crippen LogP contribution in [0.15, 0.2) is 79.0 Å². The molecule has 3 aromatic rings. The zero-order valence-electron chi connectivity index (χ0n) is 12.4. The van der Waals surface area contributed by atoms with Gasteiger partial charge in [0.1, 0.15) is 5.75 Å². The second-order valence-electron chi connectivity index (χ2n) is 4.91. The number of aromatic nitrogens is 1. The van der Waals surface area contributed by atoms with E-state index in [0.717, 1.165) is 22.6 Å². The van der Waals surface area contributed by atoms with Crippen molar-refractivity contribution in [1.82, 2.24) is 4.98 Å². The summed E-state index contributed by atoms with van der Waals surface area (Å²) in [6, 6.07) is 24.4. The summed E-state index contributed by atoms with van der Waals surface area (Å²) in [6.45, 7) is 0. The van der Waals surface area contributed by atoms with Gasteiger partial charge in [0.05, 0.1) is 12.8 Å². The third-order valence-corrected chi connectivity index (χ3v) is 3.47. The summed E-state index contributed by atoms with van der Waals surface area (Å²) in [5, 5.41) is 0. The molecule has 0 aliphatic rings. The first-order valence-electron chi connectivity index (χ1n) is 7.19. The van der Waals surface area contributed by atoms with Gasteiger partial charge < -0.3 is 4.74 Å². The maximum absolute atomic E-state index is 5.24. The van der Waals surface area contributed by atoms with Gasteiger partial charge in [0, 0.05) is 6.20 Å². The lowest BCUT2D eigenvalue weighted by molar-refractivity contribution is 0.415. The summed E-state index contributed by atoms with van der Waals surface area (Å²) >= 11 is 0. The topological polar surface area (TPSA) is 22.1 Å². The van der Waals surface area contributed by atoms with Gasteiger partial charge in [-0.3, -0.25) is 4.98 Å². The number of methoxy groups -OCH3 is 1. The second-order valence-corrected chi connectivity index (χ2v) is 4.91. The smallest absolute Gasteiger partial charge is 0.118 e. The first kappa shape index (κ1) is 14.1. The Kier molecular flexibility index (Phi) is 4.30. The summed E-state index contributed by atoms with van der Waals surface area (Å²) in [6.07, 6.45) is 3.92. The van der Waals surface area contributed by atoms with Crippen molar-refractivity contribution in [3.63, 3.8) is 0 Å². The van der Waals surface area contributed by atoms with Crippen LogP contribution < -0.4 is 4.74 Å². The van der Waals surface area contributed by atoms with E-state index in [1.54, 1.807) is 7.11 Å². The molecule has 2 aromatic carbocycles. The Morgan fingerprint density at radius 1 is 0.818 bits per heavy atom. The van der Waals surface area contributed by atoms with Crippen molar-refractivity contribution >= 4 is 11.6 Å². The SMILES string of the molecule is COc1ccc(/C(=C/c2ccccn2)c2ccccc2)cc1. The number of pyridine rings is 1. The van der Waals surface area contributed by atoms with Crippen LogP contribution in [0, 0.1) is 0 Å². The van der Waals surface area contributed by atoms with Crippen LogP contribution in [-0.4, -0.2) is 12.1 Å². The van der Waals surface area contributed by atoms with Crippen molar-refractivity contribution in [1.29, 1.82) is 0 Å². The molecule has 1 heterocycles. The van der Waals surface area contributed by atoms with Gasteiger partial charge in [0.15, 0.2) is 0 Å². The van der Waals surface area contributed by atoms with Crippen molar-refractivity contribution in [2.75, 3.05) is 7.11 Å². The standard InChI is InChI=1S/C20H17NO/c1-22-19-12-10-17(11-13-19)20(16-7-3-2-4-8-16)15-18-9-5-6-14-21-18/h2-15H,1H3/b20-15+. The Bertz CT molecular complexity index is 747. The van der Waals surface area contributed by atoms with E-state index < -0.39 is 0 Å². The van der Waals surface area contributed by atoms with Crippen LogP contribution in [0.1, 0.15) is 16.8 Å². The molecule has 0 aliphatic heterocycles. The highest BCUT2D eigenvalue weighted by Crippen LogP contribution is 2.27. The average Bonchev–Trinajstić information content (AvgIpc) is 2.61. The molecule has 0 saturated carbocycles. The predicted octanol–water partition coefficient (Wildman–Crippen LogP) is 4.68. The fourth-order valence-electron chi connectivity index (χ4n) is 2.33. The fraction of sp³-hybridized carbons (Fsp3) is 0.0500. The van der Waals surface area contributed by atoms with E-state index in [1.165, 1.54) is 5.56 Å². The minimum Gasteiger partial charge on any atom is -0.497 e. The summed E-state index contributed by atoms with van der Waals surface area (Å²) in [7, 11) is 1.68. The van der Waals surface area contributed by atoms with Crippen LogP contribution in [0.3, 0.4) is 0 Å². The quantitative estimate of drug-likeness (QED) is 0.695. The molecule has 0 amide bonds. The lowest BCUT2D eigenvalue weighted by atomic mass is 9.96. The zero-order valence-corrected chi connectivity index (χ0v) is 12.4. The van der Waals surface area contributed by atoms with Gasteiger partial charge in [-0.05, 0) is 47.0 Å². The first-order valence-corrected chi connectivity index (χ1v) is 7.19. The normalized spacial score (nSPS) is 11.2. The molecule has 0 spiro atoms. The first-order chi connectivity index (χ1) is 10.9. The van der Waals surface area contributed by atoms with Gasteiger partial charge >= 0.3 is 0 Å². The molecule has 108 valence electrons. The molecular formula is C20H17NO. The Hall–Kier alpha value is -2.87. The molecule has 0 radical (unpaired) electrons. The molecule has 0 N–H and O–H groups in total. The van der Waals surface area contributed by atoms with Gasteiger partial charge in [0.2, 0.25) is 0 Å². The Balaban J connectivity index is 2.08. The molecule has 1 aromatic heterocycles.